The average molecular weight is 319 g/mol. The first-order valence-corrected chi connectivity index (χ1v) is 7.80. The van der Waals surface area contributed by atoms with Crippen molar-refractivity contribution < 1.29 is 14.5 Å². The van der Waals surface area contributed by atoms with Crippen molar-refractivity contribution in [2.24, 2.45) is 0 Å². The van der Waals surface area contributed by atoms with E-state index in [1.165, 1.54) is 17.4 Å². The molecular formula is C16H17NO4S. The molecule has 0 aliphatic rings. The lowest BCUT2D eigenvalue weighted by Gasteiger charge is -2.27. The number of ether oxygens (including phenoxy) is 1. The first kappa shape index (κ1) is 16.2. The minimum atomic E-state index is -1.09. The Hall–Kier alpha value is -2.21. The number of hydrogen-bond acceptors (Lipinski definition) is 5. The Labute approximate surface area is 132 Å². The number of thiophene rings is 1. The fourth-order valence-corrected chi connectivity index (χ4v) is 3.29. The zero-order valence-electron chi connectivity index (χ0n) is 12.4. The molecule has 0 aliphatic heterocycles. The molecule has 0 radical (unpaired) electrons. The third-order valence-electron chi connectivity index (χ3n) is 3.53. The summed E-state index contributed by atoms with van der Waals surface area (Å²) in [5.41, 5.74) is -0.772. The molecule has 0 aliphatic carbocycles. The molecule has 6 heteroatoms. The standard InChI is InChI=1S/C16H17NO4S/c1-3-21-15(18)16(2,11-12-7-6-10-22-12)13-8-4-5-9-14(13)17(19)20/h4-10H,3,11H2,1-2H3. The maximum Gasteiger partial charge on any atom is 0.316 e. The van der Waals surface area contributed by atoms with Gasteiger partial charge in [-0.2, -0.15) is 0 Å². The van der Waals surface area contributed by atoms with E-state index >= 15 is 0 Å². The zero-order chi connectivity index (χ0) is 16.2. The van der Waals surface area contributed by atoms with Crippen LogP contribution in [-0.4, -0.2) is 17.5 Å². The van der Waals surface area contributed by atoms with E-state index < -0.39 is 16.3 Å². The summed E-state index contributed by atoms with van der Waals surface area (Å²) in [7, 11) is 0. The van der Waals surface area contributed by atoms with Crippen molar-refractivity contribution in [3.63, 3.8) is 0 Å². The molecule has 0 saturated heterocycles. The van der Waals surface area contributed by atoms with Crippen LogP contribution >= 0.6 is 11.3 Å². The van der Waals surface area contributed by atoms with Crippen molar-refractivity contribution in [2.45, 2.75) is 25.7 Å². The van der Waals surface area contributed by atoms with Crippen molar-refractivity contribution in [1.82, 2.24) is 0 Å². The first-order chi connectivity index (χ1) is 10.5. The molecule has 0 fully saturated rings. The highest BCUT2D eigenvalue weighted by Crippen LogP contribution is 2.36. The van der Waals surface area contributed by atoms with Gasteiger partial charge in [-0.05, 0) is 25.3 Å². The summed E-state index contributed by atoms with van der Waals surface area (Å²) in [6, 6.07) is 10.2. The summed E-state index contributed by atoms with van der Waals surface area (Å²) < 4.78 is 5.19. The van der Waals surface area contributed by atoms with E-state index in [0.29, 0.717) is 12.0 Å². The molecule has 0 N–H and O–H groups in total. The number of benzene rings is 1. The lowest BCUT2D eigenvalue weighted by molar-refractivity contribution is -0.386. The van der Waals surface area contributed by atoms with E-state index in [2.05, 4.69) is 0 Å². The van der Waals surface area contributed by atoms with Gasteiger partial charge in [0.1, 0.15) is 5.41 Å². The molecule has 1 atom stereocenters. The van der Waals surface area contributed by atoms with Gasteiger partial charge in [0.15, 0.2) is 0 Å². The fraction of sp³-hybridized carbons (Fsp3) is 0.312. The Balaban J connectivity index is 2.53. The second-order valence-corrected chi connectivity index (χ2v) is 6.12. The summed E-state index contributed by atoms with van der Waals surface area (Å²) in [5, 5.41) is 13.2. The lowest BCUT2D eigenvalue weighted by atomic mass is 9.78. The molecule has 116 valence electrons. The maximum atomic E-state index is 12.5. The molecule has 22 heavy (non-hydrogen) atoms. The fourth-order valence-electron chi connectivity index (χ4n) is 2.43. The predicted octanol–water partition coefficient (Wildman–Crippen LogP) is 3.72. The van der Waals surface area contributed by atoms with Gasteiger partial charge in [-0.3, -0.25) is 14.9 Å². The zero-order valence-corrected chi connectivity index (χ0v) is 13.3. The summed E-state index contributed by atoms with van der Waals surface area (Å²) in [6.07, 6.45) is 0.369. The van der Waals surface area contributed by atoms with Gasteiger partial charge in [0.05, 0.1) is 11.5 Å². The first-order valence-electron chi connectivity index (χ1n) is 6.92. The molecule has 0 spiro atoms. The molecular weight excluding hydrogens is 302 g/mol. The molecule has 0 amide bonds. The van der Waals surface area contributed by atoms with Gasteiger partial charge in [0, 0.05) is 22.9 Å². The number of nitro groups is 1. The SMILES string of the molecule is CCOC(=O)C(C)(Cc1cccs1)c1ccccc1[N+](=O)[O-]. The highest BCUT2D eigenvalue weighted by molar-refractivity contribution is 7.09. The van der Waals surface area contributed by atoms with E-state index in [4.69, 9.17) is 4.74 Å². The van der Waals surface area contributed by atoms with Crippen molar-refractivity contribution in [3.05, 3.63) is 62.3 Å². The summed E-state index contributed by atoms with van der Waals surface area (Å²) in [4.78, 5) is 24.4. The van der Waals surface area contributed by atoms with Gasteiger partial charge in [-0.25, -0.2) is 0 Å². The second kappa shape index (κ2) is 6.70. The minimum absolute atomic E-state index is 0.0605. The van der Waals surface area contributed by atoms with Crippen LogP contribution in [0, 0.1) is 10.1 Å². The van der Waals surface area contributed by atoms with Crippen LogP contribution in [0.1, 0.15) is 24.3 Å². The van der Waals surface area contributed by atoms with Crippen LogP contribution in [0.25, 0.3) is 0 Å². The number of carbonyl (C=O) groups is 1. The summed E-state index contributed by atoms with van der Waals surface area (Å²) in [6.45, 7) is 3.66. The number of nitro benzene ring substituents is 1. The van der Waals surface area contributed by atoms with Crippen LogP contribution in [0.15, 0.2) is 41.8 Å². The highest BCUT2D eigenvalue weighted by atomic mass is 32.1. The van der Waals surface area contributed by atoms with Crippen molar-refractivity contribution in [2.75, 3.05) is 6.61 Å². The van der Waals surface area contributed by atoms with Crippen molar-refractivity contribution >= 4 is 23.0 Å². The average Bonchev–Trinajstić information content (AvgIpc) is 3.00. The van der Waals surface area contributed by atoms with Gasteiger partial charge in [0.2, 0.25) is 0 Å². The van der Waals surface area contributed by atoms with E-state index in [1.807, 2.05) is 17.5 Å². The van der Waals surface area contributed by atoms with Crippen LogP contribution in [0.5, 0.6) is 0 Å². The largest absolute Gasteiger partial charge is 0.465 e. The van der Waals surface area contributed by atoms with Gasteiger partial charge in [0.25, 0.3) is 5.69 Å². The van der Waals surface area contributed by atoms with Gasteiger partial charge < -0.3 is 4.74 Å². The topological polar surface area (TPSA) is 69.4 Å². The number of carbonyl (C=O) groups excluding carboxylic acids is 1. The molecule has 5 nitrogen and oxygen atoms in total. The molecule has 2 aromatic rings. The van der Waals surface area contributed by atoms with Crippen molar-refractivity contribution in [1.29, 1.82) is 0 Å². The Bertz CT molecular complexity index is 669. The van der Waals surface area contributed by atoms with Crippen LogP contribution in [-0.2, 0) is 21.4 Å². The van der Waals surface area contributed by atoms with Crippen LogP contribution in [0.4, 0.5) is 5.69 Å². The summed E-state index contributed by atoms with van der Waals surface area (Å²) >= 11 is 1.52. The van der Waals surface area contributed by atoms with E-state index in [0.717, 1.165) is 4.88 Å². The van der Waals surface area contributed by atoms with Crippen LogP contribution < -0.4 is 0 Å². The van der Waals surface area contributed by atoms with Gasteiger partial charge >= 0.3 is 5.97 Å². The second-order valence-electron chi connectivity index (χ2n) is 5.08. The van der Waals surface area contributed by atoms with Gasteiger partial charge in [-0.15, -0.1) is 11.3 Å². The predicted molar refractivity (Wildman–Crippen MR) is 85.1 cm³/mol. The molecule has 2 rings (SSSR count). The van der Waals surface area contributed by atoms with E-state index in [-0.39, 0.29) is 12.3 Å². The number of hydrogen-bond donors (Lipinski definition) is 0. The Morgan fingerprint density at radius 3 is 2.64 bits per heavy atom. The minimum Gasteiger partial charge on any atom is -0.465 e. The number of rotatable bonds is 6. The monoisotopic (exact) mass is 319 g/mol. The van der Waals surface area contributed by atoms with E-state index in [1.54, 1.807) is 32.0 Å². The molecule has 1 unspecified atom stereocenters. The number of esters is 1. The molecule has 1 heterocycles. The third kappa shape index (κ3) is 3.17. The maximum absolute atomic E-state index is 12.5. The number of nitrogens with zero attached hydrogens (tertiary/aromatic N) is 1. The number of para-hydroxylation sites is 1. The highest BCUT2D eigenvalue weighted by Gasteiger charge is 2.41. The third-order valence-corrected chi connectivity index (χ3v) is 4.41. The Kier molecular flexibility index (Phi) is 4.92. The quantitative estimate of drug-likeness (QED) is 0.462. The van der Waals surface area contributed by atoms with Crippen LogP contribution in [0.3, 0.4) is 0 Å². The van der Waals surface area contributed by atoms with Crippen LogP contribution in [0.2, 0.25) is 0 Å². The van der Waals surface area contributed by atoms with Crippen molar-refractivity contribution in [3.8, 4) is 0 Å². The smallest absolute Gasteiger partial charge is 0.316 e. The lowest BCUT2D eigenvalue weighted by Crippen LogP contribution is -2.37. The Morgan fingerprint density at radius 2 is 2.05 bits per heavy atom. The van der Waals surface area contributed by atoms with E-state index in [9.17, 15) is 14.9 Å². The molecule has 0 saturated carbocycles. The normalized spacial score (nSPS) is 13.4. The molecule has 0 bridgehead atoms. The molecule has 1 aromatic carbocycles. The molecule has 1 aromatic heterocycles. The Morgan fingerprint density at radius 1 is 1.32 bits per heavy atom. The summed E-state index contributed by atoms with van der Waals surface area (Å²) in [5.74, 6) is -0.447. The van der Waals surface area contributed by atoms with Gasteiger partial charge in [-0.1, -0.05) is 24.3 Å².